The van der Waals surface area contributed by atoms with Gasteiger partial charge in [-0.25, -0.2) is 0 Å². The monoisotopic (exact) mass is 262 g/mol. The quantitative estimate of drug-likeness (QED) is 0.873. The van der Waals surface area contributed by atoms with Crippen LogP contribution in [0.25, 0.3) is 0 Å². The molecule has 5 heteroatoms. The van der Waals surface area contributed by atoms with E-state index in [0.717, 1.165) is 24.4 Å². The molecule has 2 aliphatic rings. The Morgan fingerprint density at radius 3 is 2.74 bits per heavy atom. The van der Waals surface area contributed by atoms with Crippen LogP contribution in [0.5, 0.6) is 0 Å². The third kappa shape index (κ3) is 2.52. The standard InChI is InChI=1S/C14H22N4O/c1-18-12(16-13(19)14(15)7-8-14)9-11(17-18)10-5-3-2-4-6-10/h9-10H,2-8,15H2,1H3,(H,16,19). The lowest BCUT2D eigenvalue weighted by Crippen LogP contribution is -2.38. The van der Waals surface area contributed by atoms with E-state index in [1.165, 1.54) is 32.1 Å². The Hall–Kier alpha value is -1.36. The van der Waals surface area contributed by atoms with Gasteiger partial charge in [0.05, 0.1) is 11.2 Å². The highest BCUT2D eigenvalue weighted by atomic mass is 16.2. The molecule has 0 saturated heterocycles. The highest BCUT2D eigenvalue weighted by molar-refractivity contribution is 5.99. The number of nitrogens with two attached hydrogens (primary N) is 1. The fraction of sp³-hybridized carbons (Fsp3) is 0.714. The Balaban J connectivity index is 1.71. The number of hydrogen-bond acceptors (Lipinski definition) is 3. The van der Waals surface area contributed by atoms with Crippen LogP contribution in [0.15, 0.2) is 6.07 Å². The molecule has 0 atom stereocenters. The molecule has 1 aromatic rings. The van der Waals surface area contributed by atoms with Crippen molar-refractivity contribution in [2.75, 3.05) is 5.32 Å². The van der Waals surface area contributed by atoms with E-state index < -0.39 is 5.54 Å². The Morgan fingerprint density at radius 2 is 2.11 bits per heavy atom. The van der Waals surface area contributed by atoms with Gasteiger partial charge in [0.1, 0.15) is 5.82 Å². The molecule has 19 heavy (non-hydrogen) atoms. The lowest BCUT2D eigenvalue weighted by atomic mass is 9.87. The second kappa shape index (κ2) is 4.63. The molecule has 1 amide bonds. The van der Waals surface area contributed by atoms with Crippen LogP contribution in [0.4, 0.5) is 5.82 Å². The van der Waals surface area contributed by atoms with Gasteiger partial charge >= 0.3 is 0 Å². The lowest BCUT2D eigenvalue weighted by molar-refractivity contribution is -0.118. The van der Waals surface area contributed by atoms with Crippen LogP contribution in [0.1, 0.15) is 56.6 Å². The fourth-order valence-corrected chi connectivity index (χ4v) is 2.81. The Labute approximate surface area is 113 Å². The fourth-order valence-electron chi connectivity index (χ4n) is 2.81. The maximum atomic E-state index is 12.0. The topological polar surface area (TPSA) is 72.9 Å². The second-order valence-electron chi connectivity index (χ2n) is 6.02. The molecule has 3 N–H and O–H groups in total. The van der Waals surface area contributed by atoms with Crippen LogP contribution in [0, 0.1) is 0 Å². The van der Waals surface area contributed by atoms with E-state index >= 15 is 0 Å². The average molecular weight is 262 g/mol. The molecule has 2 fully saturated rings. The summed E-state index contributed by atoms with van der Waals surface area (Å²) in [5, 5.41) is 7.46. The first-order valence-electron chi connectivity index (χ1n) is 7.23. The summed E-state index contributed by atoms with van der Waals surface area (Å²) in [6.07, 6.45) is 7.90. The van der Waals surface area contributed by atoms with E-state index in [0.29, 0.717) is 5.92 Å². The number of amides is 1. The summed E-state index contributed by atoms with van der Waals surface area (Å²) in [7, 11) is 1.87. The third-order valence-electron chi connectivity index (χ3n) is 4.40. The molecule has 0 bridgehead atoms. The molecule has 1 heterocycles. The summed E-state index contributed by atoms with van der Waals surface area (Å²) >= 11 is 0. The summed E-state index contributed by atoms with van der Waals surface area (Å²) in [4.78, 5) is 12.0. The van der Waals surface area contributed by atoms with Crippen molar-refractivity contribution in [3.8, 4) is 0 Å². The minimum atomic E-state index is -0.630. The van der Waals surface area contributed by atoms with Gasteiger partial charge in [-0.05, 0) is 25.7 Å². The van der Waals surface area contributed by atoms with E-state index in [1.807, 2.05) is 13.1 Å². The number of aryl methyl sites for hydroxylation is 1. The Kier molecular flexibility index (Phi) is 3.09. The zero-order chi connectivity index (χ0) is 13.5. The minimum Gasteiger partial charge on any atom is -0.317 e. The normalized spacial score (nSPS) is 22.2. The maximum absolute atomic E-state index is 12.0. The van der Waals surface area contributed by atoms with Gasteiger partial charge in [-0.15, -0.1) is 0 Å². The van der Waals surface area contributed by atoms with E-state index in [4.69, 9.17) is 5.73 Å². The van der Waals surface area contributed by atoms with Crippen molar-refractivity contribution in [2.45, 2.75) is 56.4 Å². The first-order chi connectivity index (χ1) is 9.08. The predicted molar refractivity (Wildman–Crippen MR) is 73.8 cm³/mol. The highest BCUT2D eigenvalue weighted by Gasteiger charge is 2.46. The van der Waals surface area contributed by atoms with Crippen molar-refractivity contribution in [3.05, 3.63) is 11.8 Å². The Morgan fingerprint density at radius 1 is 1.42 bits per heavy atom. The SMILES string of the molecule is Cn1nc(C2CCCCC2)cc1NC(=O)C1(N)CC1. The molecule has 0 aliphatic heterocycles. The van der Waals surface area contributed by atoms with Crippen molar-refractivity contribution in [1.82, 2.24) is 9.78 Å². The predicted octanol–water partition coefficient (Wildman–Crippen LogP) is 1.90. The molecule has 5 nitrogen and oxygen atoms in total. The van der Waals surface area contributed by atoms with Crippen LogP contribution >= 0.6 is 0 Å². The summed E-state index contributed by atoms with van der Waals surface area (Å²) in [6, 6.07) is 2.01. The zero-order valence-corrected chi connectivity index (χ0v) is 11.5. The van der Waals surface area contributed by atoms with E-state index in [2.05, 4.69) is 10.4 Å². The van der Waals surface area contributed by atoms with Crippen molar-refractivity contribution in [2.24, 2.45) is 12.8 Å². The molecule has 104 valence electrons. The van der Waals surface area contributed by atoms with Gasteiger partial charge in [-0.3, -0.25) is 9.48 Å². The van der Waals surface area contributed by atoms with Crippen molar-refractivity contribution in [3.63, 3.8) is 0 Å². The largest absolute Gasteiger partial charge is 0.317 e. The van der Waals surface area contributed by atoms with Crippen LogP contribution < -0.4 is 11.1 Å². The summed E-state index contributed by atoms with van der Waals surface area (Å²) < 4.78 is 1.76. The summed E-state index contributed by atoms with van der Waals surface area (Å²) in [6.45, 7) is 0. The molecule has 0 aromatic carbocycles. The number of anilines is 1. The number of hydrogen-bond donors (Lipinski definition) is 2. The van der Waals surface area contributed by atoms with Crippen LogP contribution in [-0.4, -0.2) is 21.2 Å². The average Bonchev–Trinajstić information content (AvgIpc) is 3.07. The van der Waals surface area contributed by atoms with Gasteiger partial charge in [0.2, 0.25) is 5.91 Å². The van der Waals surface area contributed by atoms with Gasteiger partial charge in [-0.1, -0.05) is 19.3 Å². The van der Waals surface area contributed by atoms with Crippen LogP contribution in [0.2, 0.25) is 0 Å². The Bertz CT molecular complexity index is 484. The van der Waals surface area contributed by atoms with Crippen LogP contribution in [-0.2, 0) is 11.8 Å². The van der Waals surface area contributed by atoms with Gasteiger partial charge in [-0.2, -0.15) is 5.10 Å². The second-order valence-corrected chi connectivity index (χ2v) is 6.02. The van der Waals surface area contributed by atoms with Gasteiger partial charge in [0.15, 0.2) is 0 Å². The number of carbonyl (C=O) groups is 1. The molecule has 3 rings (SSSR count). The van der Waals surface area contributed by atoms with Crippen molar-refractivity contribution >= 4 is 11.7 Å². The zero-order valence-electron chi connectivity index (χ0n) is 11.5. The summed E-state index contributed by atoms with van der Waals surface area (Å²) in [5.41, 5.74) is 6.38. The van der Waals surface area contributed by atoms with E-state index in [-0.39, 0.29) is 5.91 Å². The van der Waals surface area contributed by atoms with Gasteiger partial charge in [0, 0.05) is 19.0 Å². The molecule has 0 unspecified atom stereocenters. The smallest absolute Gasteiger partial charge is 0.245 e. The van der Waals surface area contributed by atoms with E-state index in [1.54, 1.807) is 4.68 Å². The maximum Gasteiger partial charge on any atom is 0.245 e. The highest BCUT2D eigenvalue weighted by Crippen LogP contribution is 2.35. The number of nitrogens with zero attached hydrogens (tertiary/aromatic N) is 2. The van der Waals surface area contributed by atoms with Gasteiger partial charge < -0.3 is 11.1 Å². The molecule has 1 aromatic heterocycles. The van der Waals surface area contributed by atoms with Crippen LogP contribution in [0.3, 0.4) is 0 Å². The minimum absolute atomic E-state index is 0.0781. The first kappa shape index (κ1) is 12.7. The van der Waals surface area contributed by atoms with E-state index in [9.17, 15) is 4.79 Å². The molecular weight excluding hydrogens is 240 g/mol. The number of carbonyl (C=O) groups excluding carboxylic acids is 1. The first-order valence-corrected chi connectivity index (χ1v) is 7.23. The van der Waals surface area contributed by atoms with Crippen molar-refractivity contribution < 1.29 is 4.79 Å². The lowest BCUT2D eigenvalue weighted by Gasteiger charge is -2.19. The molecule has 2 aliphatic carbocycles. The molecular formula is C14H22N4O. The van der Waals surface area contributed by atoms with Crippen molar-refractivity contribution in [1.29, 1.82) is 0 Å². The number of rotatable bonds is 3. The molecule has 0 spiro atoms. The number of nitrogens with one attached hydrogen (secondary N) is 1. The van der Waals surface area contributed by atoms with Gasteiger partial charge in [0.25, 0.3) is 0 Å². The molecule has 0 radical (unpaired) electrons. The molecule has 2 saturated carbocycles. The summed E-state index contributed by atoms with van der Waals surface area (Å²) in [5.74, 6) is 1.24. The third-order valence-corrected chi connectivity index (χ3v) is 4.40. The number of aromatic nitrogens is 2.